The lowest BCUT2D eigenvalue weighted by atomic mass is 10.3. The van der Waals surface area contributed by atoms with Gasteiger partial charge in [-0.1, -0.05) is 6.07 Å². The van der Waals surface area contributed by atoms with E-state index in [-0.39, 0.29) is 11.5 Å². The molecule has 0 spiro atoms. The first-order chi connectivity index (χ1) is 10.1. The van der Waals surface area contributed by atoms with Crippen LogP contribution < -0.4 is 4.74 Å². The van der Waals surface area contributed by atoms with E-state index >= 15 is 0 Å². The second-order valence-corrected chi connectivity index (χ2v) is 6.63. The molecule has 0 fully saturated rings. The standard InChI is InChI=1S/C16H17ClN2OS/c1-10(2)20-14-6-4-5-13-15(14)18-16(11(3)17)19(13)12-7-8-21-9-12/h4-11H,1-3H3. The molecule has 0 radical (unpaired) electrons. The van der Waals surface area contributed by atoms with Gasteiger partial charge in [0.25, 0.3) is 0 Å². The summed E-state index contributed by atoms with van der Waals surface area (Å²) in [7, 11) is 0. The molecule has 3 nitrogen and oxygen atoms in total. The van der Waals surface area contributed by atoms with Gasteiger partial charge in [0, 0.05) is 5.38 Å². The zero-order valence-corrected chi connectivity index (χ0v) is 13.8. The molecular weight excluding hydrogens is 304 g/mol. The predicted octanol–water partition coefficient (Wildman–Crippen LogP) is 5.17. The van der Waals surface area contributed by atoms with E-state index < -0.39 is 0 Å². The Bertz CT molecular complexity index is 747. The third-order valence-electron chi connectivity index (χ3n) is 3.16. The van der Waals surface area contributed by atoms with E-state index in [0.29, 0.717) is 0 Å². The molecule has 1 atom stereocenters. The molecule has 3 rings (SSSR count). The molecule has 3 aromatic rings. The number of para-hydroxylation sites is 1. The molecule has 0 saturated heterocycles. The molecule has 2 aromatic heterocycles. The van der Waals surface area contributed by atoms with Gasteiger partial charge in [0.15, 0.2) is 0 Å². The molecule has 0 aliphatic carbocycles. The Hall–Kier alpha value is -1.52. The number of benzene rings is 1. The molecule has 5 heteroatoms. The van der Waals surface area contributed by atoms with Gasteiger partial charge in [0.05, 0.1) is 22.7 Å². The average molecular weight is 321 g/mol. The fraction of sp³-hybridized carbons (Fsp3) is 0.312. The highest BCUT2D eigenvalue weighted by Gasteiger charge is 2.19. The van der Waals surface area contributed by atoms with Crippen LogP contribution in [0.15, 0.2) is 35.0 Å². The van der Waals surface area contributed by atoms with E-state index in [0.717, 1.165) is 28.3 Å². The molecule has 1 unspecified atom stereocenters. The number of aromatic nitrogens is 2. The normalized spacial score (nSPS) is 13.0. The lowest BCUT2D eigenvalue weighted by Crippen LogP contribution is -2.05. The number of rotatable bonds is 4. The van der Waals surface area contributed by atoms with Crippen LogP contribution in [0.1, 0.15) is 32.0 Å². The fourth-order valence-electron chi connectivity index (χ4n) is 2.36. The molecule has 1 aromatic carbocycles. The topological polar surface area (TPSA) is 27.1 Å². The van der Waals surface area contributed by atoms with Crippen molar-refractivity contribution in [3.05, 3.63) is 40.8 Å². The highest BCUT2D eigenvalue weighted by molar-refractivity contribution is 7.08. The number of hydrogen-bond donors (Lipinski definition) is 0. The predicted molar refractivity (Wildman–Crippen MR) is 89.0 cm³/mol. The first-order valence-electron chi connectivity index (χ1n) is 6.92. The van der Waals surface area contributed by atoms with Crippen molar-refractivity contribution >= 4 is 34.0 Å². The Morgan fingerprint density at radius 1 is 1.24 bits per heavy atom. The van der Waals surface area contributed by atoms with Crippen molar-refractivity contribution in [2.75, 3.05) is 0 Å². The van der Waals surface area contributed by atoms with E-state index in [1.165, 1.54) is 0 Å². The first kappa shape index (κ1) is 14.4. The summed E-state index contributed by atoms with van der Waals surface area (Å²) in [6.45, 7) is 5.97. The van der Waals surface area contributed by atoms with E-state index in [1.807, 2.05) is 32.9 Å². The SMILES string of the molecule is CC(C)Oc1cccc2c1nc(C(C)Cl)n2-c1ccsc1. The third-order valence-corrected chi connectivity index (χ3v) is 4.02. The van der Waals surface area contributed by atoms with Crippen LogP contribution in [0.25, 0.3) is 16.7 Å². The minimum Gasteiger partial charge on any atom is -0.489 e. The molecule has 0 saturated carbocycles. The van der Waals surface area contributed by atoms with Gasteiger partial charge < -0.3 is 4.74 Å². The molecule has 0 N–H and O–H groups in total. The number of ether oxygens (including phenoxy) is 1. The van der Waals surface area contributed by atoms with Gasteiger partial charge in [0.2, 0.25) is 0 Å². The van der Waals surface area contributed by atoms with Gasteiger partial charge in [-0.05, 0) is 44.4 Å². The third kappa shape index (κ3) is 2.65. The van der Waals surface area contributed by atoms with Gasteiger partial charge in [-0.2, -0.15) is 11.3 Å². The summed E-state index contributed by atoms with van der Waals surface area (Å²) in [5.41, 5.74) is 2.97. The van der Waals surface area contributed by atoms with Crippen LogP contribution >= 0.6 is 22.9 Å². The van der Waals surface area contributed by atoms with Crippen LogP contribution in [0.4, 0.5) is 0 Å². The van der Waals surface area contributed by atoms with Crippen molar-refractivity contribution < 1.29 is 4.74 Å². The maximum absolute atomic E-state index is 6.33. The summed E-state index contributed by atoms with van der Waals surface area (Å²) in [6.07, 6.45) is 0.110. The van der Waals surface area contributed by atoms with Crippen LogP contribution in [0.5, 0.6) is 5.75 Å². The lowest BCUT2D eigenvalue weighted by molar-refractivity contribution is 0.245. The van der Waals surface area contributed by atoms with Gasteiger partial charge in [-0.3, -0.25) is 4.57 Å². The van der Waals surface area contributed by atoms with E-state index in [1.54, 1.807) is 11.3 Å². The number of halogens is 1. The number of nitrogens with zero attached hydrogens (tertiary/aromatic N) is 2. The van der Waals surface area contributed by atoms with Crippen LogP contribution in [-0.2, 0) is 0 Å². The first-order valence-corrected chi connectivity index (χ1v) is 8.30. The van der Waals surface area contributed by atoms with Crippen molar-refractivity contribution in [3.63, 3.8) is 0 Å². The number of hydrogen-bond acceptors (Lipinski definition) is 3. The molecule has 0 amide bonds. The van der Waals surface area contributed by atoms with Crippen LogP contribution in [0.3, 0.4) is 0 Å². The molecule has 0 aliphatic heterocycles. The summed E-state index contributed by atoms with van der Waals surface area (Å²) in [6, 6.07) is 8.07. The second-order valence-electron chi connectivity index (χ2n) is 5.19. The van der Waals surface area contributed by atoms with E-state index in [9.17, 15) is 0 Å². The summed E-state index contributed by atoms with van der Waals surface area (Å²) in [5, 5.41) is 3.97. The van der Waals surface area contributed by atoms with Crippen LogP contribution in [-0.4, -0.2) is 15.7 Å². The van der Waals surface area contributed by atoms with E-state index in [2.05, 4.69) is 27.5 Å². The summed E-state index contributed by atoms with van der Waals surface area (Å²) in [5.74, 6) is 1.64. The summed E-state index contributed by atoms with van der Waals surface area (Å²) >= 11 is 7.99. The van der Waals surface area contributed by atoms with Crippen molar-refractivity contribution in [3.8, 4) is 11.4 Å². The Morgan fingerprint density at radius 2 is 2.05 bits per heavy atom. The van der Waals surface area contributed by atoms with Gasteiger partial charge >= 0.3 is 0 Å². The monoisotopic (exact) mass is 320 g/mol. The molecule has 110 valence electrons. The highest BCUT2D eigenvalue weighted by Crippen LogP contribution is 2.33. The number of thiophene rings is 1. The second kappa shape index (κ2) is 5.70. The van der Waals surface area contributed by atoms with Gasteiger partial charge in [-0.15, -0.1) is 11.6 Å². The molecule has 0 bridgehead atoms. The van der Waals surface area contributed by atoms with Crippen molar-refractivity contribution in [2.45, 2.75) is 32.3 Å². The minimum absolute atomic E-state index is 0.110. The molecule has 2 heterocycles. The smallest absolute Gasteiger partial charge is 0.147 e. The number of imidazole rings is 1. The zero-order valence-electron chi connectivity index (χ0n) is 12.2. The Kier molecular flexibility index (Phi) is 3.91. The van der Waals surface area contributed by atoms with Crippen molar-refractivity contribution in [2.24, 2.45) is 0 Å². The van der Waals surface area contributed by atoms with Crippen LogP contribution in [0.2, 0.25) is 0 Å². The number of alkyl halides is 1. The largest absolute Gasteiger partial charge is 0.489 e. The molecular formula is C16H17ClN2OS. The lowest BCUT2D eigenvalue weighted by Gasteiger charge is -2.10. The quantitative estimate of drug-likeness (QED) is 0.620. The Morgan fingerprint density at radius 3 is 2.67 bits per heavy atom. The minimum atomic E-state index is -0.177. The summed E-state index contributed by atoms with van der Waals surface area (Å²) < 4.78 is 7.98. The maximum atomic E-state index is 6.33. The van der Waals surface area contributed by atoms with E-state index in [4.69, 9.17) is 21.3 Å². The van der Waals surface area contributed by atoms with Gasteiger partial charge in [-0.25, -0.2) is 4.98 Å². The highest BCUT2D eigenvalue weighted by atomic mass is 35.5. The zero-order chi connectivity index (χ0) is 15.0. The maximum Gasteiger partial charge on any atom is 0.147 e. The summed E-state index contributed by atoms with van der Waals surface area (Å²) in [4.78, 5) is 4.73. The van der Waals surface area contributed by atoms with Crippen molar-refractivity contribution in [1.82, 2.24) is 9.55 Å². The molecule has 21 heavy (non-hydrogen) atoms. The van der Waals surface area contributed by atoms with Crippen molar-refractivity contribution in [1.29, 1.82) is 0 Å². The Labute approximate surface area is 133 Å². The average Bonchev–Trinajstić information content (AvgIpc) is 3.04. The van der Waals surface area contributed by atoms with Crippen LogP contribution in [0, 0.1) is 0 Å². The molecule has 0 aliphatic rings. The Balaban J connectivity index is 2.27. The fourth-order valence-corrected chi connectivity index (χ4v) is 3.13. The number of fused-ring (bicyclic) bond motifs is 1. The van der Waals surface area contributed by atoms with Gasteiger partial charge in [0.1, 0.15) is 17.1 Å².